The Hall–Kier alpha value is -3.02. The number of hydrogen-bond acceptors (Lipinski definition) is 4. The molecule has 6 nitrogen and oxygen atoms in total. The molecule has 2 heterocycles. The van der Waals surface area contributed by atoms with Crippen molar-refractivity contribution >= 4 is 17.4 Å². The van der Waals surface area contributed by atoms with Crippen molar-refractivity contribution in [1.29, 1.82) is 0 Å². The number of hydrogen-bond donors (Lipinski definition) is 0. The summed E-state index contributed by atoms with van der Waals surface area (Å²) < 4.78 is 1.93. The number of anilines is 1. The average molecular weight is 512 g/mol. The molecule has 35 heavy (non-hydrogen) atoms. The Morgan fingerprint density at radius 2 is 1.49 bits per heavy atom. The van der Waals surface area contributed by atoms with Crippen molar-refractivity contribution in [3.8, 4) is 0 Å². The van der Waals surface area contributed by atoms with E-state index in [1.165, 1.54) is 6.42 Å². The first kappa shape index (κ1) is 26.6. The van der Waals surface area contributed by atoms with Crippen LogP contribution in [0.1, 0.15) is 66.9 Å². The smallest absolute Gasteiger partial charge is 0.305 e. The first-order valence-corrected chi connectivity index (χ1v) is 12.3. The Morgan fingerprint density at radius 3 is 2.17 bits per heavy atom. The van der Waals surface area contributed by atoms with Crippen LogP contribution in [0, 0.1) is 0 Å². The van der Waals surface area contributed by atoms with Crippen molar-refractivity contribution in [3.05, 3.63) is 90.3 Å². The largest absolute Gasteiger partial charge is 2.00 e. The van der Waals surface area contributed by atoms with Gasteiger partial charge in [0.05, 0.1) is 16.9 Å². The molecule has 0 saturated heterocycles. The summed E-state index contributed by atoms with van der Waals surface area (Å²) in [6, 6.07) is 7.26. The second kappa shape index (κ2) is 13.8. The maximum absolute atomic E-state index is 12.1. The molecule has 0 atom stereocenters. The molecule has 1 amide bonds. The number of aryl methyl sites for hydroxylation is 1. The quantitative estimate of drug-likeness (QED) is 0.238. The standard InChI is InChI=1S/C23H26N4O2.C5H6.Fe/c28-22-19-13-7-8-14-21(19)27(23(22)29)16-10-4-2-1-3-9-15-26-17-20(24-25-26)18-11-5-6-12-18;1-2-4-5-3-1;/h5-8,11-14,17-18H,1-4,9-10,15-16H2;1-4H,5H2;/q;;+2. The molecule has 2 aromatic rings. The molecule has 0 radical (unpaired) electrons. The SMILES string of the molecule is C1=CCC=C1.O=C1C(=O)N(CCCCCCCCn2cc(C3C=CC=C3)nn2)c2ccccc21.[Fe+2]. The first-order valence-electron chi connectivity index (χ1n) is 12.3. The fourth-order valence-electron chi connectivity index (χ4n) is 4.32. The monoisotopic (exact) mass is 512 g/mol. The van der Waals surface area contributed by atoms with Crippen LogP contribution in [0.5, 0.6) is 0 Å². The summed E-state index contributed by atoms with van der Waals surface area (Å²) >= 11 is 0. The predicted molar refractivity (Wildman–Crippen MR) is 135 cm³/mol. The predicted octanol–water partition coefficient (Wildman–Crippen LogP) is 5.56. The van der Waals surface area contributed by atoms with Gasteiger partial charge in [0.2, 0.25) is 0 Å². The van der Waals surface area contributed by atoms with Crippen LogP contribution < -0.4 is 4.90 Å². The number of carbonyl (C=O) groups excluding carboxylic acids is 2. The third-order valence-electron chi connectivity index (χ3n) is 6.20. The fourth-order valence-corrected chi connectivity index (χ4v) is 4.32. The van der Waals surface area contributed by atoms with Crippen LogP contribution in [0.4, 0.5) is 5.69 Å². The number of nitrogens with zero attached hydrogens (tertiary/aromatic N) is 4. The molecular weight excluding hydrogens is 480 g/mol. The second-order valence-electron chi connectivity index (χ2n) is 8.72. The van der Waals surface area contributed by atoms with Crippen molar-refractivity contribution in [1.82, 2.24) is 15.0 Å². The molecule has 0 N–H and O–H groups in total. The van der Waals surface area contributed by atoms with Gasteiger partial charge in [0.25, 0.3) is 11.7 Å². The molecule has 1 aromatic carbocycles. The number of benzene rings is 1. The zero-order valence-corrected chi connectivity index (χ0v) is 21.0. The minimum atomic E-state index is -0.387. The summed E-state index contributed by atoms with van der Waals surface area (Å²) in [6.07, 6.45) is 26.4. The van der Waals surface area contributed by atoms with Gasteiger partial charge in [-0.3, -0.25) is 14.3 Å². The summed E-state index contributed by atoms with van der Waals surface area (Å²) in [5.74, 6) is -0.493. The molecule has 0 spiro atoms. The van der Waals surface area contributed by atoms with Crippen LogP contribution in [0.25, 0.3) is 0 Å². The minimum Gasteiger partial charge on any atom is -0.305 e. The number of amides is 1. The second-order valence-corrected chi connectivity index (χ2v) is 8.72. The third-order valence-corrected chi connectivity index (χ3v) is 6.20. The van der Waals surface area contributed by atoms with Gasteiger partial charge in [0.15, 0.2) is 0 Å². The van der Waals surface area contributed by atoms with Gasteiger partial charge >= 0.3 is 17.1 Å². The molecule has 3 aliphatic rings. The fraction of sp³-hybridized carbons (Fsp3) is 0.357. The van der Waals surface area contributed by atoms with Crippen LogP contribution in [-0.2, 0) is 28.4 Å². The Balaban J connectivity index is 0.000000509. The molecule has 5 rings (SSSR count). The van der Waals surface area contributed by atoms with Gasteiger partial charge in [-0.1, -0.05) is 91.6 Å². The molecule has 182 valence electrons. The van der Waals surface area contributed by atoms with Crippen molar-refractivity contribution in [2.45, 2.75) is 57.4 Å². The van der Waals surface area contributed by atoms with E-state index in [0.29, 0.717) is 12.1 Å². The molecule has 2 aliphatic carbocycles. The van der Waals surface area contributed by atoms with Gasteiger partial charge in [0, 0.05) is 25.2 Å². The van der Waals surface area contributed by atoms with Crippen LogP contribution >= 0.6 is 0 Å². The number of para-hydroxylation sites is 1. The number of carbonyl (C=O) groups is 2. The number of allylic oxidation sites excluding steroid dienone is 8. The van der Waals surface area contributed by atoms with Crippen molar-refractivity contribution in [3.63, 3.8) is 0 Å². The minimum absolute atomic E-state index is 0. The van der Waals surface area contributed by atoms with Crippen LogP contribution in [0.15, 0.2) is 79.1 Å². The van der Waals surface area contributed by atoms with Gasteiger partial charge < -0.3 is 4.90 Å². The van der Waals surface area contributed by atoms with E-state index in [9.17, 15) is 9.59 Å². The maximum Gasteiger partial charge on any atom is 2.00 e. The molecule has 0 fully saturated rings. The van der Waals surface area contributed by atoms with Crippen molar-refractivity contribution in [2.75, 3.05) is 11.4 Å². The molecule has 0 bridgehead atoms. The van der Waals surface area contributed by atoms with E-state index in [0.717, 1.165) is 56.5 Å². The number of aromatic nitrogens is 3. The van der Waals surface area contributed by atoms with Crippen molar-refractivity contribution in [2.24, 2.45) is 0 Å². The Labute approximate surface area is 217 Å². The summed E-state index contributed by atoms with van der Waals surface area (Å²) in [5.41, 5.74) is 2.30. The summed E-state index contributed by atoms with van der Waals surface area (Å²) in [6.45, 7) is 1.52. The Morgan fingerprint density at radius 1 is 0.829 bits per heavy atom. The van der Waals surface area contributed by atoms with E-state index < -0.39 is 0 Å². The van der Waals surface area contributed by atoms with E-state index >= 15 is 0 Å². The number of Topliss-reactive ketones (excluding diaryl/α,β-unsaturated/α-hetero) is 1. The molecule has 1 aromatic heterocycles. The number of ketones is 1. The zero-order valence-electron chi connectivity index (χ0n) is 19.9. The van der Waals surface area contributed by atoms with E-state index in [1.807, 2.05) is 35.2 Å². The van der Waals surface area contributed by atoms with Gasteiger partial charge in [-0.05, 0) is 31.4 Å². The normalized spacial score (nSPS) is 15.5. The van der Waals surface area contributed by atoms with E-state index in [2.05, 4.69) is 46.8 Å². The summed E-state index contributed by atoms with van der Waals surface area (Å²) in [4.78, 5) is 25.8. The maximum atomic E-state index is 12.1. The van der Waals surface area contributed by atoms with Crippen LogP contribution in [0.2, 0.25) is 0 Å². The van der Waals surface area contributed by atoms with Gasteiger partial charge in [0.1, 0.15) is 0 Å². The Kier molecular flexibility index (Phi) is 10.5. The molecule has 0 saturated carbocycles. The van der Waals surface area contributed by atoms with E-state index in [-0.39, 0.29) is 34.7 Å². The number of fused-ring (bicyclic) bond motifs is 1. The topological polar surface area (TPSA) is 68.1 Å². The van der Waals surface area contributed by atoms with Gasteiger partial charge in [-0.2, -0.15) is 0 Å². The first-order chi connectivity index (χ1) is 16.7. The zero-order chi connectivity index (χ0) is 23.6. The summed E-state index contributed by atoms with van der Waals surface area (Å²) in [7, 11) is 0. The van der Waals surface area contributed by atoms with E-state index in [1.54, 1.807) is 17.0 Å². The molecule has 7 heteroatoms. The molecule has 0 unspecified atom stereocenters. The van der Waals surface area contributed by atoms with Gasteiger partial charge in [-0.25, -0.2) is 0 Å². The average Bonchev–Trinajstić information content (AvgIpc) is 3.67. The van der Waals surface area contributed by atoms with Gasteiger partial charge in [-0.15, -0.1) is 5.10 Å². The molecular formula is C28H32FeN4O2+2. The van der Waals surface area contributed by atoms with Crippen molar-refractivity contribution < 1.29 is 26.7 Å². The summed E-state index contributed by atoms with van der Waals surface area (Å²) in [5, 5.41) is 8.47. The Bertz CT molecular complexity index is 1090. The van der Waals surface area contributed by atoms with Crippen LogP contribution in [-0.4, -0.2) is 33.2 Å². The molecule has 1 aliphatic heterocycles. The van der Waals surface area contributed by atoms with E-state index in [4.69, 9.17) is 0 Å². The number of unbranched alkanes of at least 4 members (excludes halogenated alkanes) is 5. The third kappa shape index (κ3) is 7.23. The van der Waals surface area contributed by atoms with Crippen LogP contribution in [0.3, 0.4) is 0 Å². The number of rotatable bonds is 10.